The number of rotatable bonds is 5. The number of allylic oxidation sites excluding steroid dienone is 2. The summed E-state index contributed by atoms with van der Waals surface area (Å²) < 4.78 is 4.74. The molecule has 3 N–H and O–H groups in total. The second-order valence-electron chi connectivity index (χ2n) is 3.51. The number of nitrogens with two attached hydrogens (primary N) is 1. The number of hydrogen-bond acceptors (Lipinski definition) is 3. The monoisotopic (exact) mass is 244 g/mol. The molecule has 0 spiro atoms. The van der Waals surface area contributed by atoms with Crippen LogP contribution in [-0.2, 0) is 9.53 Å². The second kappa shape index (κ2) is 7.06. The average Bonchev–Trinajstić information content (AvgIpc) is 2.35. The van der Waals surface area contributed by atoms with Gasteiger partial charge in [0.25, 0.3) is 0 Å². The van der Waals surface area contributed by atoms with Crippen LogP contribution in [0.5, 0.6) is 0 Å². The van der Waals surface area contributed by atoms with Gasteiger partial charge in [0.15, 0.2) is 0 Å². The van der Waals surface area contributed by atoms with E-state index in [-0.39, 0.29) is 11.8 Å². The number of carbonyl (C=O) groups excluding carboxylic acids is 1. The summed E-state index contributed by atoms with van der Waals surface area (Å²) in [7, 11) is 0. The van der Waals surface area contributed by atoms with Crippen LogP contribution >= 0.6 is 0 Å². The molecule has 0 amide bonds. The predicted octanol–water partition coefficient (Wildman–Crippen LogP) is 2.10. The van der Waals surface area contributed by atoms with Gasteiger partial charge < -0.3 is 10.5 Å². The van der Waals surface area contributed by atoms with Crippen LogP contribution in [0.25, 0.3) is 6.08 Å². The fourth-order valence-electron chi connectivity index (χ4n) is 1.26. The molecule has 0 aliphatic carbocycles. The largest absolute Gasteiger partial charge is 0.463 e. The van der Waals surface area contributed by atoms with E-state index in [1.165, 1.54) is 6.08 Å². The van der Waals surface area contributed by atoms with Gasteiger partial charge in [0.1, 0.15) is 5.84 Å². The highest BCUT2D eigenvalue weighted by atomic mass is 16.5. The minimum atomic E-state index is -0.353. The Labute approximate surface area is 106 Å². The first kappa shape index (κ1) is 13.7. The lowest BCUT2D eigenvalue weighted by molar-refractivity contribution is -0.137. The molecule has 0 aromatic heterocycles. The zero-order chi connectivity index (χ0) is 13.4. The molecule has 4 nitrogen and oxygen atoms in total. The molecular weight excluding hydrogens is 228 g/mol. The predicted molar refractivity (Wildman–Crippen MR) is 72.3 cm³/mol. The van der Waals surface area contributed by atoms with Crippen molar-refractivity contribution in [3.8, 4) is 0 Å². The first-order valence-corrected chi connectivity index (χ1v) is 5.59. The number of ether oxygens (including phenoxy) is 1. The van der Waals surface area contributed by atoms with E-state index in [0.717, 1.165) is 5.56 Å². The van der Waals surface area contributed by atoms with Gasteiger partial charge in [-0.2, -0.15) is 0 Å². The van der Waals surface area contributed by atoms with E-state index < -0.39 is 0 Å². The maximum atomic E-state index is 11.0. The van der Waals surface area contributed by atoms with E-state index in [2.05, 4.69) is 0 Å². The lowest BCUT2D eigenvalue weighted by Gasteiger charge is -1.98. The molecule has 18 heavy (non-hydrogen) atoms. The van der Waals surface area contributed by atoms with Gasteiger partial charge in [-0.15, -0.1) is 0 Å². The fourth-order valence-corrected chi connectivity index (χ4v) is 1.26. The number of carbonyl (C=O) groups is 1. The van der Waals surface area contributed by atoms with Crippen molar-refractivity contribution >= 4 is 17.9 Å². The number of nitrogens with one attached hydrogen (secondary N) is 1. The SMILES string of the molecule is CCOC(=O)C=CC=Cc1ccc(C(=N)N)cc1. The summed E-state index contributed by atoms with van der Waals surface area (Å²) in [6, 6.07) is 7.25. The van der Waals surface area contributed by atoms with Crippen LogP contribution in [0.4, 0.5) is 0 Å². The topological polar surface area (TPSA) is 76.2 Å². The summed E-state index contributed by atoms with van der Waals surface area (Å²) in [6.45, 7) is 2.14. The average molecular weight is 244 g/mol. The highest BCUT2D eigenvalue weighted by molar-refractivity contribution is 5.95. The Bertz CT molecular complexity index is 473. The Kier molecular flexibility index (Phi) is 5.38. The van der Waals surface area contributed by atoms with Crippen molar-refractivity contribution in [3.63, 3.8) is 0 Å². The molecule has 0 aliphatic rings. The Morgan fingerprint density at radius 2 is 2.00 bits per heavy atom. The molecule has 0 saturated heterocycles. The molecule has 1 rings (SSSR count). The van der Waals surface area contributed by atoms with E-state index in [4.69, 9.17) is 15.9 Å². The summed E-state index contributed by atoms with van der Waals surface area (Å²) in [6.07, 6.45) is 6.58. The molecule has 94 valence electrons. The molecule has 4 heteroatoms. The van der Waals surface area contributed by atoms with Crippen molar-refractivity contribution in [2.75, 3.05) is 6.61 Å². The minimum Gasteiger partial charge on any atom is -0.463 e. The van der Waals surface area contributed by atoms with Gasteiger partial charge in [-0.25, -0.2) is 4.79 Å². The van der Waals surface area contributed by atoms with Gasteiger partial charge in [0.05, 0.1) is 6.61 Å². The van der Waals surface area contributed by atoms with Crippen molar-refractivity contribution in [1.82, 2.24) is 0 Å². The van der Waals surface area contributed by atoms with E-state index >= 15 is 0 Å². The quantitative estimate of drug-likeness (QED) is 0.274. The normalized spacial score (nSPS) is 10.9. The third kappa shape index (κ3) is 4.65. The Morgan fingerprint density at radius 1 is 1.33 bits per heavy atom. The van der Waals surface area contributed by atoms with Crippen LogP contribution in [0, 0.1) is 5.41 Å². The highest BCUT2D eigenvalue weighted by Gasteiger charge is 1.94. The van der Waals surface area contributed by atoms with Crippen molar-refractivity contribution in [1.29, 1.82) is 5.41 Å². The zero-order valence-corrected chi connectivity index (χ0v) is 10.2. The molecule has 1 aromatic carbocycles. The van der Waals surface area contributed by atoms with Crippen LogP contribution in [0.2, 0.25) is 0 Å². The first-order valence-electron chi connectivity index (χ1n) is 5.59. The van der Waals surface area contributed by atoms with Gasteiger partial charge in [-0.05, 0) is 12.5 Å². The van der Waals surface area contributed by atoms with Crippen LogP contribution < -0.4 is 5.73 Å². The van der Waals surface area contributed by atoms with E-state index in [1.54, 1.807) is 31.2 Å². The molecule has 0 bridgehead atoms. The van der Waals surface area contributed by atoms with Gasteiger partial charge in [-0.3, -0.25) is 5.41 Å². The van der Waals surface area contributed by atoms with Crippen molar-refractivity contribution in [3.05, 3.63) is 53.6 Å². The Hall–Kier alpha value is -2.36. The maximum absolute atomic E-state index is 11.0. The summed E-state index contributed by atoms with van der Waals surface area (Å²) in [5.41, 5.74) is 7.01. The molecule has 1 aromatic rings. The summed E-state index contributed by atoms with van der Waals surface area (Å²) in [4.78, 5) is 11.0. The number of hydrogen-bond donors (Lipinski definition) is 2. The molecule has 0 saturated carbocycles. The number of esters is 1. The third-order valence-corrected chi connectivity index (χ3v) is 2.14. The highest BCUT2D eigenvalue weighted by Crippen LogP contribution is 2.05. The fraction of sp³-hybridized carbons (Fsp3) is 0.143. The second-order valence-corrected chi connectivity index (χ2v) is 3.51. The number of benzene rings is 1. The van der Waals surface area contributed by atoms with Crippen molar-refractivity contribution in [2.24, 2.45) is 5.73 Å². The molecule has 0 fully saturated rings. The molecule has 0 heterocycles. The molecule has 0 radical (unpaired) electrons. The van der Waals surface area contributed by atoms with Crippen LogP contribution in [0.15, 0.2) is 42.5 Å². The van der Waals surface area contributed by atoms with Crippen molar-refractivity contribution in [2.45, 2.75) is 6.92 Å². The standard InChI is InChI=1S/C14H16N2O2/c1-2-18-13(17)6-4-3-5-11-7-9-12(10-8-11)14(15)16/h3-10H,2H2,1H3,(H3,15,16). The third-order valence-electron chi connectivity index (χ3n) is 2.14. The van der Waals surface area contributed by atoms with E-state index in [1.807, 2.05) is 18.2 Å². The lowest BCUT2D eigenvalue weighted by Crippen LogP contribution is -2.10. The summed E-state index contributed by atoms with van der Waals surface area (Å²) >= 11 is 0. The number of nitrogen functional groups attached to an aromatic ring is 1. The van der Waals surface area contributed by atoms with Crippen molar-refractivity contribution < 1.29 is 9.53 Å². The van der Waals surface area contributed by atoms with E-state index in [9.17, 15) is 4.79 Å². The molecule has 0 aliphatic heterocycles. The Balaban J connectivity index is 2.57. The summed E-state index contributed by atoms with van der Waals surface area (Å²) in [5, 5.41) is 7.26. The smallest absolute Gasteiger partial charge is 0.330 e. The Morgan fingerprint density at radius 3 is 2.56 bits per heavy atom. The van der Waals surface area contributed by atoms with Gasteiger partial charge in [0.2, 0.25) is 0 Å². The first-order chi connectivity index (χ1) is 8.63. The van der Waals surface area contributed by atoms with E-state index in [0.29, 0.717) is 12.2 Å². The number of amidine groups is 1. The van der Waals surface area contributed by atoms with Crippen LogP contribution in [-0.4, -0.2) is 18.4 Å². The molecular formula is C14H16N2O2. The molecule has 0 unspecified atom stereocenters. The summed E-state index contributed by atoms with van der Waals surface area (Å²) in [5.74, 6) is -0.304. The minimum absolute atomic E-state index is 0.0488. The van der Waals surface area contributed by atoms with Gasteiger partial charge in [0, 0.05) is 11.6 Å². The van der Waals surface area contributed by atoms with Gasteiger partial charge in [-0.1, -0.05) is 42.5 Å². The van der Waals surface area contributed by atoms with Gasteiger partial charge >= 0.3 is 5.97 Å². The maximum Gasteiger partial charge on any atom is 0.330 e. The van der Waals surface area contributed by atoms with Crippen LogP contribution in [0.3, 0.4) is 0 Å². The molecule has 0 atom stereocenters. The lowest BCUT2D eigenvalue weighted by atomic mass is 10.1. The zero-order valence-electron chi connectivity index (χ0n) is 10.2. The van der Waals surface area contributed by atoms with Crippen LogP contribution in [0.1, 0.15) is 18.1 Å².